The maximum Gasteiger partial charge on any atom is 0.163 e. The van der Waals surface area contributed by atoms with E-state index in [9.17, 15) is 0 Å². The summed E-state index contributed by atoms with van der Waals surface area (Å²) in [4.78, 5) is 13.5. The van der Waals surface area contributed by atoms with Crippen LogP contribution in [0.3, 0.4) is 0 Å². The number of pyridine rings is 1. The Labute approximate surface area is 127 Å². The van der Waals surface area contributed by atoms with Gasteiger partial charge < -0.3 is 5.32 Å². The Bertz CT molecular complexity index is 740. The van der Waals surface area contributed by atoms with Crippen molar-refractivity contribution in [1.82, 2.24) is 24.7 Å². The minimum absolute atomic E-state index is 0.677. The molecular formula is C14H16N6S. The number of rotatable bonds is 5. The van der Waals surface area contributed by atoms with Gasteiger partial charge in [-0.1, -0.05) is 17.8 Å². The zero-order valence-electron chi connectivity index (χ0n) is 11.9. The lowest BCUT2D eigenvalue weighted by molar-refractivity contribution is 0.782. The smallest absolute Gasteiger partial charge is 0.163 e. The number of aromatic nitrogens is 5. The first-order valence-electron chi connectivity index (χ1n) is 6.74. The molecule has 6 nitrogen and oxygen atoms in total. The molecule has 0 saturated heterocycles. The number of hydrogen-bond donors (Lipinski definition) is 1. The van der Waals surface area contributed by atoms with Crippen LogP contribution >= 0.6 is 11.8 Å². The lowest BCUT2D eigenvalue weighted by Crippen LogP contribution is -2.05. The van der Waals surface area contributed by atoms with Gasteiger partial charge in [0.15, 0.2) is 5.65 Å². The summed E-state index contributed by atoms with van der Waals surface area (Å²) in [7, 11) is 1.89. The van der Waals surface area contributed by atoms with Crippen LogP contribution in [0.15, 0.2) is 35.6 Å². The van der Waals surface area contributed by atoms with Gasteiger partial charge in [-0.15, -0.1) is 0 Å². The van der Waals surface area contributed by atoms with E-state index < -0.39 is 0 Å². The van der Waals surface area contributed by atoms with Crippen LogP contribution in [-0.4, -0.2) is 31.3 Å². The van der Waals surface area contributed by atoms with Crippen molar-refractivity contribution < 1.29 is 0 Å². The Morgan fingerprint density at radius 3 is 2.95 bits per heavy atom. The van der Waals surface area contributed by atoms with Crippen molar-refractivity contribution >= 4 is 28.6 Å². The Hall–Kier alpha value is -2.15. The lowest BCUT2D eigenvalue weighted by atomic mass is 10.4. The third-order valence-corrected chi connectivity index (χ3v) is 3.91. The van der Waals surface area contributed by atoms with Crippen molar-refractivity contribution in [3.63, 3.8) is 0 Å². The average Bonchev–Trinajstić information content (AvgIpc) is 2.88. The topological polar surface area (TPSA) is 68.5 Å². The highest BCUT2D eigenvalue weighted by Crippen LogP contribution is 2.23. The first-order chi connectivity index (χ1) is 10.3. The second kappa shape index (κ2) is 6.09. The highest BCUT2D eigenvalue weighted by Gasteiger charge is 2.11. The maximum absolute atomic E-state index is 4.59. The van der Waals surface area contributed by atoms with Crippen LogP contribution in [0, 0.1) is 0 Å². The first-order valence-corrected chi connectivity index (χ1v) is 7.73. The average molecular weight is 300 g/mol. The first kappa shape index (κ1) is 13.8. The molecule has 3 aromatic heterocycles. The van der Waals surface area contributed by atoms with E-state index in [4.69, 9.17) is 0 Å². The van der Waals surface area contributed by atoms with Crippen LogP contribution in [0.4, 0.5) is 5.82 Å². The number of anilines is 1. The van der Waals surface area contributed by atoms with Gasteiger partial charge in [-0.05, 0) is 19.1 Å². The van der Waals surface area contributed by atoms with Crippen molar-refractivity contribution in [3.05, 3.63) is 36.4 Å². The number of nitrogens with one attached hydrogen (secondary N) is 1. The van der Waals surface area contributed by atoms with Crippen molar-refractivity contribution in [3.8, 4) is 0 Å². The molecule has 0 atom stereocenters. The highest BCUT2D eigenvalue weighted by atomic mass is 32.2. The third kappa shape index (κ3) is 2.97. The number of nitrogens with zero attached hydrogens (tertiary/aromatic N) is 5. The normalized spacial score (nSPS) is 11.0. The van der Waals surface area contributed by atoms with Gasteiger partial charge in [0.05, 0.1) is 22.4 Å². The van der Waals surface area contributed by atoms with Gasteiger partial charge in [-0.3, -0.25) is 4.68 Å². The van der Waals surface area contributed by atoms with Crippen LogP contribution < -0.4 is 5.32 Å². The lowest BCUT2D eigenvalue weighted by Gasteiger charge is -2.07. The molecule has 108 valence electrons. The maximum atomic E-state index is 4.59. The quantitative estimate of drug-likeness (QED) is 0.730. The predicted octanol–water partition coefficient (Wildman–Crippen LogP) is 2.48. The van der Waals surface area contributed by atoms with E-state index in [1.807, 2.05) is 32.2 Å². The summed E-state index contributed by atoms with van der Waals surface area (Å²) in [5.74, 6) is 2.29. The minimum atomic E-state index is 0.677. The van der Waals surface area contributed by atoms with Gasteiger partial charge in [0.25, 0.3) is 0 Å². The summed E-state index contributed by atoms with van der Waals surface area (Å²) in [5.41, 5.74) is 0.845. The summed E-state index contributed by atoms with van der Waals surface area (Å²) in [5, 5.41) is 9.44. The van der Waals surface area contributed by atoms with Crippen molar-refractivity contribution in [2.45, 2.75) is 17.7 Å². The van der Waals surface area contributed by atoms with E-state index in [2.05, 4.69) is 25.4 Å². The molecule has 0 radical (unpaired) electrons. The molecule has 0 unspecified atom stereocenters. The van der Waals surface area contributed by atoms with E-state index in [0.717, 1.165) is 34.2 Å². The largest absolute Gasteiger partial charge is 0.370 e. The Morgan fingerprint density at radius 1 is 1.29 bits per heavy atom. The summed E-state index contributed by atoms with van der Waals surface area (Å²) in [6.07, 6.45) is 3.58. The summed E-state index contributed by atoms with van der Waals surface area (Å²) in [6.45, 7) is 2.86. The highest BCUT2D eigenvalue weighted by molar-refractivity contribution is 7.98. The summed E-state index contributed by atoms with van der Waals surface area (Å²) in [6, 6.07) is 5.87. The molecule has 3 heterocycles. The van der Waals surface area contributed by atoms with Crippen LogP contribution in [-0.2, 0) is 12.8 Å². The van der Waals surface area contributed by atoms with E-state index >= 15 is 0 Å². The molecule has 0 aliphatic carbocycles. The van der Waals surface area contributed by atoms with Crippen molar-refractivity contribution in [2.24, 2.45) is 7.05 Å². The molecule has 0 amide bonds. The predicted molar refractivity (Wildman–Crippen MR) is 84.3 cm³/mol. The molecule has 21 heavy (non-hydrogen) atoms. The fourth-order valence-electron chi connectivity index (χ4n) is 2.00. The molecule has 0 aliphatic rings. The second-order valence-corrected chi connectivity index (χ2v) is 5.48. The SMILES string of the molecule is CCNc1nc(CSc2ccccn2)nc2c1cnn2C. The summed E-state index contributed by atoms with van der Waals surface area (Å²) >= 11 is 1.62. The standard InChI is InChI=1S/C14H16N6S/c1-3-15-13-10-8-17-20(2)14(10)19-11(18-13)9-21-12-6-4-5-7-16-12/h4-8H,3,9H2,1-2H3,(H,15,18,19). The number of fused-ring (bicyclic) bond motifs is 1. The van der Waals surface area contributed by atoms with Crippen LogP contribution in [0.5, 0.6) is 0 Å². The fourth-order valence-corrected chi connectivity index (χ4v) is 2.72. The molecule has 0 saturated carbocycles. The zero-order chi connectivity index (χ0) is 14.7. The van der Waals surface area contributed by atoms with Crippen LogP contribution in [0.2, 0.25) is 0 Å². The van der Waals surface area contributed by atoms with Crippen molar-refractivity contribution in [1.29, 1.82) is 0 Å². The molecule has 0 bridgehead atoms. The molecular weight excluding hydrogens is 284 g/mol. The second-order valence-electron chi connectivity index (χ2n) is 4.48. The van der Waals surface area contributed by atoms with Gasteiger partial charge in [0.2, 0.25) is 0 Å². The van der Waals surface area contributed by atoms with E-state index in [0.29, 0.717) is 5.75 Å². The van der Waals surface area contributed by atoms with Crippen LogP contribution in [0.25, 0.3) is 11.0 Å². The van der Waals surface area contributed by atoms with Crippen molar-refractivity contribution in [2.75, 3.05) is 11.9 Å². The molecule has 0 fully saturated rings. The molecule has 0 aromatic carbocycles. The van der Waals surface area contributed by atoms with Gasteiger partial charge >= 0.3 is 0 Å². The Balaban J connectivity index is 1.89. The minimum Gasteiger partial charge on any atom is -0.370 e. The molecule has 1 N–H and O–H groups in total. The molecule has 0 spiro atoms. The molecule has 0 aliphatic heterocycles. The Kier molecular flexibility index (Phi) is 4.01. The van der Waals surface area contributed by atoms with Gasteiger partial charge in [-0.25, -0.2) is 15.0 Å². The van der Waals surface area contributed by atoms with Gasteiger partial charge in [0.1, 0.15) is 11.6 Å². The monoisotopic (exact) mass is 300 g/mol. The van der Waals surface area contributed by atoms with Gasteiger partial charge in [0, 0.05) is 19.8 Å². The van der Waals surface area contributed by atoms with E-state index in [1.165, 1.54) is 0 Å². The zero-order valence-corrected chi connectivity index (χ0v) is 12.8. The number of hydrogen-bond acceptors (Lipinski definition) is 6. The Morgan fingerprint density at radius 2 is 2.19 bits per heavy atom. The number of thioether (sulfide) groups is 1. The molecule has 3 aromatic rings. The number of aryl methyl sites for hydroxylation is 1. The third-order valence-electron chi connectivity index (χ3n) is 2.97. The van der Waals surface area contributed by atoms with Crippen LogP contribution in [0.1, 0.15) is 12.7 Å². The van der Waals surface area contributed by atoms with E-state index in [-0.39, 0.29) is 0 Å². The van der Waals surface area contributed by atoms with E-state index in [1.54, 1.807) is 28.8 Å². The molecule has 7 heteroatoms. The fraction of sp³-hybridized carbons (Fsp3) is 0.286. The molecule has 3 rings (SSSR count). The summed E-state index contributed by atoms with van der Waals surface area (Å²) < 4.78 is 1.77. The van der Waals surface area contributed by atoms with Gasteiger partial charge in [-0.2, -0.15) is 5.10 Å².